The molecule has 2 heterocycles. The van der Waals surface area contributed by atoms with E-state index in [-0.39, 0.29) is 28.9 Å². The number of halogens is 3. The summed E-state index contributed by atoms with van der Waals surface area (Å²) in [6.45, 7) is 6.71. The molecule has 4 rings (SSSR count). The lowest BCUT2D eigenvalue weighted by molar-refractivity contribution is -0.206. The Hall–Kier alpha value is -2.92. The Labute approximate surface area is 208 Å². The highest BCUT2D eigenvalue weighted by atomic mass is 19.4. The monoisotopic (exact) mass is 506 g/mol. The minimum Gasteiger partial charge on any atom is -0.379 e. The van der Waals surface area contributed by atoms with E-state index < -0.39 is 18.2 Å². The first-order chi connectivity index (χ1) is 16.9. The zero-order valence-corrected chi connectivity index (χ0v) is 20.7. The van der Waals surface area contributed by atoms with Crippen LogP contribution in [-0.4, -0.2) is 64.3 Å². The van der Waals surface area contributed by atoms with E-state index in [4.69, 9.17) is 5.73 Å². The molecule has 0 radical (unpaired) electrons. The number of hydrogen-bond donors (Lipinski definition) is 3. The molecule has 1 amide bonds. The number of amides is 1. The molecule has 4 atom stereocenters. The number of anilines is 2. The maximum Gasteiger partial charge on any atom is 0.418 e. The number of primary amides is 1. The largest absolute Gasteiger partial charge is 0.418 e. The predicted octanol–water partition coefficient (Wildman–Crippen LogP) is 4.07. The summed E-state index contributed by atoms with van der Waals surface area (Å²) in [7, 11) is 1.75. The second-order valence-electron chi connectivity index (χ2n) is 10.6. The molecule has 8 nitrogen and oxygen atoms in total. The number of benzene rings is 1. The standard InChI is InChI=1S/C25H33F3N6O2/c1-24(2)13-33(14-24)18-8-9-20(16(10-18)11-30-3)34-12-19(22(29)36)23(32-34)31-17-6-4-15(5-7-17)21(35)25(26,27)28/h4-7,11-12,16,18,20-21,35H,8-10,13-14H2,1-3H3,(H2,29,36)(H,31,32). The highest BCUT2D eigenvalue weighted by Gasteiger charge is 2.42. The summed E-state index contributed by atoms with van der Waals surface area (Å²) in [5.41, 5.74) is 6.28. The molecule has 1 saturated heterocycles. The number of aliphatic hydroxyl groups excluding tert-OH is 1. The highest BCUT2D eigenvalue weighted by Crippen LogP contribution is 2.40. The third-order valence-electron chi connectivity index (χ3n) is 7.09. The number of aliphatic imine (C=N–C) groups is 1. The van der Waals surface area contributed by atoms with Gasteiger partial charge in [0.05, 0.1) is 6.04 Å². The van der Waals surface area contributed by atoms with Crippen molar-refractivity contribution < 1.29 is 23.1 Å². The van der Waals surface area contributed by atoms with Gasteiger partial charge in [-0.1, -0.05) is 26.0 Å². The lowest BCUT2D eigenvalue weighted by Crippen LogP contribution is -2.58. The number of carbonyl (C=O) groups is 1. The zero-order valence-electron chi connectivity index (χ0n) is 20.7. The van der Waals surface area contributed by atoms with Gasteiger partial charge in [0.15, 0.2) is 11.9 Å². The SMILES string of the molecule is CN=CC1CC(N2CC(C)(C)C2)CCC1n1cc(C(N)=O)c(Nc2ccc(C(O)C(F)(F)F)cc2)n1. The van der Waals surface area contributed by atoms with Gasteiger partial charge >= 0.3 is 6.18 Å². The number of nitrogens with one attached hydrogen (secondary N) is 1. The van der Waals surface area contributed by atoms with E-state index in [1.165, 1.54) is 24.3 Å². The van der Waals surface area contributed by atoms with E-state index in [0.717, 1.165) is 32.4 Å². The Bertz CT molecular complexity index is 1100. The minimum absolute atomic E-state index is 0.00260. The predicted molar refractivity (Wildman–Crippen MR) is 131 cm³/mol. The fourth-order valence-corrected chi connectivity index (χ4v) is 5.40. The van der Waals surface area contributed by atoms with Gasteiger partial charge in [0.2, 0.25) is 0 Å². The molecule has 36 heavy (non-hydrogen) atoms. The van der Waals surface area contributed by atoms with Gasteiger partial charge in [-0.3, -0.25) is 14.4 Å². The van der Waals surface area contributed by atoms with Crippen LogP contribution < -0.4 is 11.1 Å². The highest BCUT2D eigenvalue weighted by molar-refractivity contribution is 5.98. The van der Waals surface area contributed by atoms with Crippen LogP contribution in [0.4, 0.5) is 24.7 Å². The van der Waals surface area contributed by atoms with Gasteiger partial charge in [0, 0.05) is 50.2 Å². The molecule has 2 fully saturated rings. The number of nitrogens with zero attached hydrogens (tertiary/aromatic N) is 4. The number of rotatable bonds is 7. The summed E-state index contributed by atoms with van der Waals surface area (Å²) in [5, 5.41) is 17.0. The molecule has 4 N–H and O–H groups in total. The Morgan fingerprint density at radius 3 is 2.50 bits per heavy atom. The molecule has 2 aromatic rings. The molecule has 1 aliphatic carbocycles. The Morgan fingerprint density at radius 2 is 1.94 bits per heavy atom. The number of carbonyl (C=O) groups excluding carboxylic acids is 1. The van der Waals surface area contributed by atoms with E-state index in [9.17, 15) is 23.1 Å². The summed E-state index contributed by atoms with van der Waals surface area (Å²) >= 11 is 0. The molecule has 11 heteroatoms. The summed E-state index contributed by atoms with van der Waals surface area (Å²) in [4.78, 5) is 19.0. The van der Waals surface area contributed by atoms with Crippen molar-refractivity contribution in [2.75, 3.05) is 25.5 Å². The van der Waals surface area contributed by atoms with E-state index >= 15 is 0 Å². The zero-order chi connectivity index (χ0) is 26.3. The van der Waals surface area contributed by atoms with E-state index in [1.54, 1.807) is 17.9 Å². The minimum atomic E-state index is -4.75. The third kappa shape index (κ3) is 5.57. The summed E-state index contributed by atoms with van der Waals surface area (Å²) in [5.74, 6) is -0.301. The van der Waals surface area contributed by atoms with Crippen molar-refractivity contribution in [3.05, 3.63) is 41.6 Å². The second kappa shape index (κ2) is 9.85. The fourth-order valence-electron chi connectivity index (χ4n) is 5.40. The lowest BCUT2D eigenvalue weighted by Gasteiger charge is -2.52. The van der Waals surface area contributed by atoms with Gasteiger partial charge in [-0.2, -0.15) is 18.3 Å². The quantitative estimate of drug-likeness (QED) is 0.491. The summed E-state index contributed by atoms with van der Waals surface area (Å²) in [6.07, 6.45) is -0.938. The summed E-state index contributed by atoms with van der Waals surface area (Å²) in [6, 6.07) is 5.60. The van der Waals surface area contributed by atoms with E-state index in [0.29, 0.717) is 17.1 Å². The van der Waals surface area contributed by atoms with Crippen LogP contribution in [0.2, 0.25) is 0 Å². The smallest absolute Gasteiger partial charge is 0.379 e. The van der Waals surface area contributed by atoms with Crippen LogP contribution in [-0.2, 0) is 0 Å². The van der Waals surface area contributed by atoms with Crippen LogP contribution >= 0.6 is 0 Å². The van der Waals surface area contributed by atoms with Crippen molar-refractivity contribution in [1.82, 2.24) is 14.7 Å². The Balaban J connectivity index is 1.52. The van der Waals surface area contributed by atoms with Gasteiger partial charge in [0.1, 0.15) is 5.56 Å². The topological polar surface area (TPSA) is 109 Å². The third-order valence-corrected chi connectivity index (χ3v) is 7.09. The molecule has 0 spiro atoms. The van der Waals surface area contributed by atoms with Crippen LogP contribution in [0.25, 0.3) is 0 Å². The number of alkyl halides is 3. The molecular weight excluding hydrogens is 473 g/mol. The van der Waals surface area contributed by atoms with Crippen LogP contribution in [0.3, 0.4) is 0 Å². The van der Waals surface area contributed by atoms with Gasteiger partial charge in [-0.15, -0.1) is 0 Å². The number of likely N-dealkylation sites (tertiary alicyclic amines) is 1. The van der Waals surface area contributed by atoms with Crippen LogP contribution in [0.15, 0.2) is 35.5 Å². The van der Waals surface area contributed by atoms with Crippen molar-refractivity contribution in [2.24, 2.45) is 22.1 Å². The van der Waals surface area contributed by atoms with Crippen LogP contribution in [0.5, 0.6) is 0 Å². The van der Waals surface area contributed by atoms with Crippen molar-refractivity contribution in [2.45, 2.75) is 57.5 Å². The Kier molecular flexibility index (Phi) is 7.16. The molecule has 1 aromatic carbocycles. The molecule has 4 unspecified atom stereocenters. The van der Waals surface area contributed by atoms with Gasteiger partial charge in [-0.25, -0.2) is 0 Å². The summed E-state index contributed by atoms with van der Waals surface area (Å²) < 4.78 is 40.1. The maximum absolute atomic E-state index is 12.8. The number of nitrogens with two attached hydrogens (primary N) is 1. The maximum atomic E-state index is 12.8. The second-order valence-corrected chi connectivity index (χ2v) is 10.6. The van der Waals surface area contributed by atoms with Crippen molar-refractivity contribution in [3.8, 4) is 0 Å². The van der Waals surface area contributed by atoms with Crippen LogP contribution in [0, 0.1) is 11.3 Å². The van der Waals surface area contributed by atoms with E-state index in [1.807, 2.05) is 6.21 Å². The average molecular weight is 507 g/mol. The van der Waals surface area contributed by atoms with Gasteiger partial charge < -0.3 is 21.1 Å². The first-order valence-corrected chi connectivity index (χ1v) is 12.0. The van der Waals surface area contributed by atoms with Gasteiger partial charge in [0.25, 0.3) is 5.91 Å². The molecule has 196 valence electrons. The van der Waals surface area contributed by atoms with Crippen molar-refractivity contribution >= 4 is 23.6 Å². The molecule has 2 aliphatic rings. The van der Waals surface area contributed by atoms with Crippen molar-refractivity contribution in [1.29, 1.82) is 0 Å². The number of hydrogen-bond acceptors (Lipinski definition) is 6. The first-order valence-electron chi connectivity index (χ1n) is 12.0. The average Bonchev–Trinajstić information content (AvgIpc) is 3.21. The lowest BCUT2D eigenvalue weighted by atomic mass is 9.76. The number of aliphatic hydroxyl groups is 1. The van der Waals surface area contributed by atoms with Gasteiger partial charge in [-0.05, 0) is 42.4 Å². The molecule has 1 saturated carbocycles. The van der Waals surface area contributed by atoms with Crippen LogP contribution in [0.1, 0.15) is 61.2 Å². The first kappa shape index (κ1) is 26.2. The molecule has 0 bridgehead atoms. The molecular formula is C25H33F3N6O2. The fraction of sp³-hybridized carbons (Fsp3) is 0.560. The molecule has 1 aliphatic heterocycles. The van der Waals surface area contributed by atoms with E-state index in [2.05, 4.69) is 34.2 Å². The molecule has 1 aromatic heterocycles. The van der Waals surface area contributed by atoms with Crippen molar-refractivity contribution in [3.63, 3.8) is 0 Å². The Morgan fingerprint density at radius 1 is 1.28 bits per heavy atom. The normalized spacial score (nSPS) is 25.5. The number of aromatic nitrogens is 2.